The summed E-state index contributed by atoms with van der Waals surface area (Å²) in [6, 6.07) is 15.3. The minimum absolute atomic E-state index is 0.00277. The van der Waals surface area contributed by atoms with Crippen LogP contribution in [0.3, 0.4) is 0 Å². The average Bonchev–Trinajstić information content (AvgIpc) is 2.67. The molecule has 2 aromatic carbocycles. The van der Waals surface area contributed by atoms with Crippen molar-refractivity contribution in [3.63, 3.8) is 0 Å². The second-order valence-electron chi connectivity index (χ2n) is 6.67. The quantitative estimate of drug-likeness (QED) is 0.568. The molecule has 2 rings (SSSR count). The third kappa shape index (κ3) is 7.87. The third-order valence-electron chi connectivity index (χ3n) is 3.93. The fraction of sp³-hybridized carbons (Fsp3) is 0.333. The van der Waals surface area contributed by atoms with E-state index in [1.807, 2.05) is 44.2 Å². The summed E-state index contributed by atoms with van der Waals surface area (Å²) < 4.78 is 29.1. The van der Waals surface area contributed by atoms with Crippen molar-refractivity contribution in [3.8, 4) is 5.75 Å². The molecule has 0 saturated carbocycles. The van der Waals surface area contributed by atoms with Gasteiger partial charge in [-0.3, -0.25) is 14.9 Å². The zero-order chi connectivity index (χ0) is 21.2. The second-order valence-corrected chi connectivity index (χ2v) is 6.67. The van der Waals surface area contributed by atoms with Crippen molar-refractivity contribution in [3.05, 3.63) is 65.7 Å². The number of carbonyl (C=O) groups is 2. The van der Waals surface area contributed by atoms with Crippen molar-refractivity contribution in [1.82, 2.24) is 16.0 Å². The van der Waals surface area contributed by atoms with Gasteiger partial charge in [-0.1, -0.05) is 42.5 Å². The summed E-state index contributed by atoms with van der Waals surface area (Å²) in [5.74, 6) is -0.533. The first-order valence-corrected chi connectivity index (χ1v) is 9.24. The van der Waals surface area contributed by atoms with E-state index in [0.717, 1.165) is 11.1 Å². The summed E-state index contributed by atoms with van der Waals surface area (Å²) in [5, 5.41) is 8.40. The van der Waals surface area contributed by atoms with Crippen molar-refractivity contribution in [2.24, 2.45) is 0 Å². The van der Waals surface area contributed by atoms with E-state index in [1.165, 1.54) is 12.1 Å². The van der Waals surface area contributed by atoms with Gasteiger partial charge in [0, 0.05) is 6.04 Å². The minimum Gasteiger partial charge on any atom is -0.435 e. The highest BCUT2D eigenvalue weighted by Crippen LogP contribution is 2.24. The van der Waals surface area contributed by atoms with Crippen molar-refractivity contribution in [2.45, 2.75) is 32.5 Å². The van der Waals surface area contributed by atoms with Crippen LogP contribution in [0.5, 0.6) is 5.75 Å². The molecule has 0 aromatic heterocycles. The maximum atomic E-state index is 12.3. The van der Waals surface area contributed by atoms with Crippen LogP contribution >= 0.6 is 0 Å². The predicted octanol–water partition coefficient (Wildman–Crippen LogP) is 2.61. The molecule has 6 nitrogen and oxygen atoms in total. The second kappa shape index (κ2) is 11.1. The van der Waals surface area contributed by atoms with Gasteiger partial charge in [-0.05, 0) is 37.1 Å². The summed E-state index contributed by atoms with van der Waals surface area (Å²) >= 11 is 0. The molecular formula is C21H25F2N3O3. The molecule has 1 atom stereocenters. The van der Waals surface area contributed by atoms with Gasteiger partial charge in [-0.25, -0.2) is 0 Å². The first-order valence-electron chi connectivity index (χ1n) is 9.24. The van der Waals surface area contributed by atoms with E-state index in [4.69, 9.17) is 0 Å². The number of alkyl halides is 2. The summed E-state index contributed by atoms with van der Waals surface area (Å²) in [7, 11) is 0. The van der Waals surface area contributed by atoms with Crippen LogP contribution in [0.1, 0.15) is 31.0 Å². The molecule has 0 fully saturated rings. The molecule has 0 unspecified atom stereocenters. The lowest BCUT2D eigenvalue weighted by Crippen LogP contribution is -2.43. The van der Waals surface area contributed by atoms with Crippen molar-refractivity contribution in [1.29, 1.82) is 0 Å². The van der Waals surface area contributed by atoms with Gasteiger partial charge in [0.15, 0.2) is 0 Å². The van der Waals surface area contributed by atoms with E-state index in [1.54, 1.807) is 12.1 Å². The van der Waals surface area contributed by atoms with Gasteiger partial charge >= 0.3 is 6.61 Å². The molecular weight excluding hydrogens is 380 g/mol. The van der Waals surface area contributed by atoms with E-state index in [2.05, 4.69) is 20.7 Å². The van der Waals surface area contributed by atoms with Crippen LogP contribution in [-0.4, -0.2) is 37.6 Å². The fourth-order valence-corrected chi connectivity index (χ4v) is 2.72. The SMILES string of the molecule is CC(C)NC(=O)CNC(=O)CN[C@H](c1ccccc1)c1ccc(OC(F)F)cc1. The smallest absolute Gasteiger partial charge is 0.387 e. The fourth-order valence-electron chi connectivity index (χ4n) is 2.72. The zero-order valence-corrected chi connectivity index (χ0v) is 16.3. The molecule has 0 saturated heterocycles. The van der Waals surface area contributed by atoms with Crippen molar-refractivity contribution in [2.75, 3.05) is 13.1 Å². The maximum Gasteiger partial charge on any atom is 0.387 e. The predicted molar refractivity (Wildman–Crippen MR) is 106 cm³/mol. The van der Waals surface area contributed by atoms with Gasteiger partial charge in [0.25, 0.3) is 0 Å². The van der Waals surface area contributed by atoms with Crippen LogP contribution in [0.15, 0.2) is 54.6 Å². The van der Waals surface area contributed by atoms with E-state index in [0.29, 0.717) is 0 Å². The molecule has 2 amide bonds. The standard InChI is InChI=1S/C21H25F2N3O3/c1-14(2)26-19(28)13-24-18(27)12-25-20(15-6-4-3-5-7-15)16-8-10-17(11-9-16)29-21(22)23/h3-11,14,20-21,25H,12-13H2,1-2H3,(H,24,27)(H,26,28)/t20-/m1/s1. The normalized spacial score (nSPS) is 11.9. The maximum absolute atomic E-state index is 12.3. The highest BCUT2D eigenvalue weighted by atomic mass is 19.3. The Hall–Kier alpha value is -3.00. The van der Waals surface area contributed by atoms with E-state index in [-0.39, 0.29) is 42.7 Å². The Morgan fingerprint density at radius 2 is 1.52 bits per heavy atom. The number of nitrogens with one attached hydrogen (secondary N) is 3. The lowest BCUT2D eigenvalue weighted by atomic mass is 9.98. The van der Waals surface area contributed by atoms with Crippen LogP contribution in [0.4, 0.5) is 8.78 Å². The summed E-state index contributed by atoms with van der Waals surface area (Å²) in [4.78, 5) is 23.8. The molecule has 0 spiro atoms. The Balaban J connectivity index is 2.02. The molecule has 0 aliphatic heterocycles. The number of carbonyl (C=O) groups excluding carboxylic acids is 2. The molecule has 0 heterocycles. The molecule has 0 aliphatic rings. The first-order chi connectivity index (χ1) is 13.8. The van der Waals surface area contributed by atoms with Crippen molar-refractivity contribution >= 4 is 11.8 Å². The molecule has 0 bridgehead atoms. The highest BCUT2D eigenvalue weighted by Gasteiger charge is 2.16. The topological polar surface area (TPSA) is 79.5 Å². The summed E-state index contributed by atoms with van der Waals surface area (Å²) in [6.07, 6.45) is 0. The average molecular weight is 405 g/mol. The van der Waals surface area contributed by atoms with Gasteiger partial charge in [0.1, 0.15) is 5.75 Å². The van der Waals surface area contributed by atoms with Gasteiger partial charge in [0.05, 0.1) is 19.1 Å². The van der Waals surface area contributed by atoms with Crippen LogP contribution in [0, 0.1) is 0 Å². The Bertz CT molecular complexity index is 784. The molecule has 8 heteroatoms. The molecule has 156 valence electrons. The lowest BCUT2D eigenvalue weighted by molar-refractivity contribution is -0.125. The largest absolute Gasteiger partial charge is 0.435 e. The molecule has 29 heavy (non-hydrogen) atoms. The highest BCUT2D eigenvalue weighted by molar-refractivity contribution is 5.85. The van der Waals surface area contributed by atoms with E-state index in [9.17, 15) is 18.4 Å². The zero-order valence-electron chi connectivity index (χ0n) is 16.3. The Kier molecular flexibility index (Phi) is 8.54. The lowest BCUT2D eigenvalue weighted by Gasteiger charge is -2.20. The monoisotopic (exact) mass is 405 g/mol. The van der Waals surface area contributed by atoms with Crippen LogP contribution in [0.2, 0.25) is 0 Å². The number of amides is 2. The Morgan fingerprint density at radius 1 is 0.897 bits per heavy atom. The number of ether oxygens (including phenoxy) is 1. The third-order valence-corrected chi connectivity index (χ3v) is 3.93. The van der Waals surface area contributed by atoms with Gasteiger partial charge in [-0.15, -0.1) is 0 Å². The Morgan fingerprint density at radius 3 is 2.10 bits per heavy atom. The number of hydrogen-bond donors (Lipinski definition) is 3. The van der Waals surface area contributed by atoms with Gasteiger partial charge in [0.2, 0.25) is 11.8 Å². The molecule has 3 N–H and O–H groups in total. The number of hydrogen-bond acceptors (Lipinski definition) is 4. The Labute approximate surface area is 168 Å². The summed E-state index contributed by atoms with van der Waals surface area (Å²) in [5.41, 5.74) is 1.68. The van der Waals surface area contributed by atoms with E-state index >= 15 is 0 Å². The number of benzene rings is 2. The van der Waals surface area contributed by atoms with Gasteiger partial charge in [-0.2, -0.15) is 8.78 Å². The summed E-state index contributed by atoms with van der Waals surface area (Å²) in [6.45, 7) is 0.658. The van der Waals surface area contributed by atoms with Crippen LogP contribution < -0.4 is 20.7 Å². The first kappa shape index (κ1) is 22.3. The van der Waals surface area contributed by atoms with Crippen LogP contribution in [0.25, 0.3) is 0 Å². The number of halogens is 2. The minimum atomic E-state index is -2.89. The molecule has 2 aromatic rings. The van der Waals surface area contributed by atoms with Gasteiger partial charge < -0.3 is 15.4 Å². The van der Waals surface area contributed by atoms with Crippen LogP contribution in [-0.2, 0) is 9.59 Å². The van der Waals surface area contributed by atoms with Crippen molar-refractivity contribution < 1.29 is 23.1 Å². The van der Waals surface area contributed by atoms with E-state index < -0.39 is 6.61 Å². The number of rotatable bonds is 10. The molecule has 0 radical (unpaired) electrons. The molecule has 0 aliphatic carbocycles.